The highest BCUT2D eigenvalue weighted by Gasteiger charge is 2.50. The third kappa shape index (κ3) is 5.59. The van der Waals surface area contributed by atoms with Gasteiger partial charge in [-0.2, -0.15) is 0 Å². The molecule has 0 saturated heterocycles. The highest BCUT2D eigenvalue weighted by Crippen LogP contribution is 2.60. The normalized spacial score (nSPS) is 31.1. The van der Waals surface area contributed by atoms with E-state index in [0.29, 0.717) is 23.2 Å². The summed E-state index contributed by atoms with van der Waals surface area (Å²) in [5.74, 6) is 1.53. The Hall–Kier alpha value is -0.610. The number of rotatable bonds is 8. The zero-order valence-electron chi connectivity index (χ0n) is 20.0. The van der Waals surface area contributed by atoms with Gasteiger partial charge in [-0.3, -0.25) is 4.79 Å². The number of carbonyl (C=O) groups is 1. The zero-order chi connectivity index (χ0) is 22.7. The Balaban J connectivity index is 1.99. The molecule has 2 aliphatic carbocycles. The number of allylic oxidation sites excluding steroid dienone is 1. The summed E-state index contributed by atoms with van der Waals surface area (Å²) in [7, 11) is 0. The Morgan fingerprint density at radius 3 is 2.63 bits per heavy atom. The summed E-state index contributed by atoms with van der Waals surface area (Å²) in [6.45, 7) is 16.8. The highest BCUT2D eigenvalue weighted by atomic mass is 79.9. The monoisotopic (exact) mass is 482 g/mol. The first-order valence-electron chi connectivity index (χ1n) is 11.8. The molecular formula is C26H43BrO3. The lowest BCUT2D eigenvalue weighted by Crippen LogP contribution is -2.37. The predicted octanol–water partition coefficient (Wildman–Crippen LogP) is 7.04. The molecule has 0 radical (unpaired) electrons. The minimum Gasteiger partial charge on any atom is -0.461 e. The molecule has 0 amide bonds. The van der Waals surface area contributed by atoms with Gasteiger partial charge in [-0.1, -0.05) is 48.9 Å². The lowest BCUT2D eigenvalue weighted by Gasteiger charge is -2.44. The fraction of sp³-hybridized carbons (Fsp3) is 0.808. The van der Waals surface area contributed by atoms with Crippen molar-refractivity contribution in [3.8, 4) is 0 Å². The number of esters is 1. The molecule has 0 aliphatic heterocycles. The van der Waals surface area contributed by atoms with Gasteiger partial charge < -0.3 is 9.84 Å². The van der Waals surface area contributed by atoms with E-state index in [9.17, 15) is 9.90 Å². The van der Waals surface area contributed by atoms with E-state index in [2.05, 4.69) is 48.3 Å². The van der Waals surface area contributed by atoms with Crippen molar-refractivity contribution in [3.05, 3.63) is 22.7 Å². The van der Waals surface area contributed by atoms with Crippen molar-refractivity contribution in [2.24, 2.45) is 34.5 Å². The first kappa shape index (κ1) is 25.6. The first-order chi connectivity index (χ1) is 14.0. The number of hydrogen-bond acceptors (Lipinski definition) is 3. The quantitative estimate of drug-likeness (QED) is 0.298. The number of ether oxygens (including phenoxy) is 1. The summed E-state index contributed by atoms with van der Waals surface area (Å²) in [6.07, 6.45) is 7.45. The van der Waals surface area contributed by atoms with Crippen molar-refractivity contribution in [3.63, 3.8) is 0 Å². The van der Waals surface area contributed by atoms with Crippen LogP contribution in [-0.2, 0) is 9.53 Å². The number of aliphatic hydroxyl groups is 1. The summed E-state index contributed by atoms with van der Waals surface area (Å²) in [4.78, 5) is 14.3. The molecule has 3 nitrogen and oxygen atoms in total. The fourth-order valence-corrected chi connectivity index (χ4v) is 6.72. The molecule has 0 aromatic heterocycles. The van der Waals surface area contributed by atoms with Crippen LogP contribution in [0.25, 0.3) is 0 Å². The molecule has 2 rings (SSSR count). The van der Waals surface area contributed by atoms with Crippen LogP contribution in [0, 0.1) is 34.5 Å². The Bertz CT molecular complexity index is 647. The second kappa shape index (κ2) is 10.3. The van der Waals surface area contributed by atoms with E-state index in [1.54, 1.807) is 5.57 Å². The van der Waals surface area contributed by atoms with Crippen LogP contribution in [0.3, 0.4) is 0 Å². The molecule has 0 heterocycles. The molecule has 172 valence electrons. The maximum absolute atomic E-state index is 12.1. The summed E-state index contributed by atoms with van der Waals surface area (Å²) in [5, 5.41) is 11.1. The van der Waals surface area contributed by atoms with Crippen LogP contribution in [0.5, 0.6) is 0 Å². The molecule has 0 aromatic carbocycles. The van der Waals surface area contributed by atoms with Crippen molar-refractivity contribution in [1.82, 2.24) is 0 Å². The van der Waals surface area contributed by atoms with Crippen molar-refractivity contribution in [2.45, 2.75) is 92.6 Å². The molecule has 0 bridgehead atoms. The topological polar surface area (TPSA) is 46.5 Å². The van der Waals surface area contributed by atoms with E-state index < -0.39 is 11.5 Å². The van der Waals surface area contributed by atoms with Gasteiger partial charge in [0.05, 0.1) is 11.5 Å². The number of aliphatic hydroxyl groups excluding tert-OH is 1. The predicted molar refractivity (Wildman–Crippen MR) is 128 cm³/mol. The second-order valence-electron chi connectivity index (χ2n) is 11.1. The number of halogens is 1. The van der Waals surface area contributed by atoms with Crippen LogP contribution in [0.15, 0.2) is 22.7 Å². The Labute approximate surface area is 192 Å². The average Bonchev–Trinajstić information content (AvgIpc) is 3.02. The minimum atomic E-state index is -0.522. The summed E-state index contributed by atoms with van der Waals surface area (Å²) < 4.78 is 5.46. The van der Waals surface area contributed by atoms with E-state index in [4.69, 9.17) is 4.74 Å². The van der Waals surface area contributed by atoms with Crippen LogP contribution in [0.2, 0.25) is 0 Å². The largest absolute Gasteiger partial charge is 0.461 e. The van der Waals surface area contributed by atoms with E-state index in [1.807, 2.05) is 20.8 Å². The summed E-state index contributed by atoms with van der Waals surface area (Å²) >= 11 is 3.60. The molecule has 2 saturated carbocycles. The maximum atomic E-state index is 12.1. The lowest BCUT2D eigenvalue weighted by molar-refractivity contribution is -0.152. The second-order valence-corrected chi connectivity index (χ2v) is 11.5. The average molecular weight is 484 g/mol. The summed E-state index contributed by atoms with van der Waals surface area (Å²) in [6, 6.07) is 0. The van der Waals surface area contributed by atoms with Crippen LogP contribution in [0.1, 0.15) is 86.5 Å². The Kier molecular flexibility index (Phi) is 8.84. The number of hydrogen-bond donors (Lipinski definition) is 1. The SMILES string of the molecule is C=C(COC(=O)C(C)(C)C)[C@H](CC)[C@@H](O)C[C@@H](C)[C@H]1CC[C@H]2/C(=C/Br)CCC[C@]12C. The van der Waals surface area contributed by atoms with Crippen LogP contribution < -0.4 is 0 Å². The van der Waals surface area contributed by atoms with Gasteiger partial charge in [0.2, 0.25) is 0 Å². The number of carbonyl (C=O) groups excluding carboxylic acids is 1. The van der Waals surface area contributed by atoms with Gasteiger partial charge in [0.1, 0.15) is 6.61 Å². The standard InChI is InChI=1S/C26H43BrO3/c1-8-20(18(3)16-30-24(29)25(4,5)6)23(28)14-17(2)21-11-12-22-19(15-27)10-9-13-26(21,22)7/h15,17,20-23,28H,3,8-14,16H2,1-2,4-7H3/b19-15+/t17-,20+,21-,22+,23+,26-/m1/s1. The van der Waals surface area contributed by atoms with E-state index >= 15 is 0 Å². The molecule has 1 N–H and O–H groups in total. The van der Waals surface area contributed by atoms with Gasteiger partial charge in [-0.25, -0.2) is 0 Å². The van der Waals surface area contributed by atoms with Crippen molar-refractivity contribution >= 4 is 21.9 Å². The molecule has 4 heteroatoms. The Morgan fingerprint density at radius 1 is 1.40 bits per heavy atom. The third-order valence-electron chi connectivity index (χ3n) is 7.91. The molecule has 2 aliphatic rings. The zero-order valence-corrected chi connectivity index (χ0v) is 21.6. The minimum absolute atomic E-state index is 0.0328. The lowest BCUT2D eigenvalue weighted by atomic mass is 9.61. The van der Waals surface area contributed by atoms with Crippen molar-refractivity contribution in [2.75, 3.05) is 6.61 Å². The van der Waals surface area contributed by atoms with Gasteiger partial charge in [-0.15, -0.1) is 0 Å². The molecule has 6 atom stereocenters. The van der Waals surface area contributed by atoms with E-state index in [0.717, 1.165) is 18.4 Å². The van der Waals surface area contributed by atoms with E-state index in [-0.39, 0.29) is 18.5 Å². The smallest absolute Gasteiger partial charge is 0.311 e. The molecule has 0 unspecified atom stereocenters. The fourth-order valence-electron chi connectivity index (χ4n) is 6.17. The molecule has 30 heavy (non-hydrogen) atoms. The van der Waals surface area contributed by atoms with Crippen LogP contribution >= 0.6 is 15.9 Å². The van der Waals surface area contributed by atoms with E-state index in [1.165, 1.54) is 32.1 Å². The van der Waals surface area contributed by atoms with Crippen molar-refractivity contribution in [1.29, 1.82) is 0 Å². The van der Waals surface area contributed by atoms with Gasteiger partial charge in [0.15, 0.2) is 0 Å². The van der Waals surface area contributed by atoms with Crippen LogP contribution in [0.4, 0.5) is 0 Å². The summed E-state index contributed by atoms with van der Waals surface area (Å²) in [5.41, 5.74) is 2.23. The van der Waals surface area contributed by atoms with Gasteiger partial charge in [0, 0.05) is 5.92 Å². The van der Waals surface area contributed by atoms with Gasteiger partial charge in [-0.05, 0) is 99.4 Å². The number of fused-ring (bicyclic) bond motifs is 1. The highest BCUT2D eigenvalue weighted by molar-refractivity contribution is 9.11. The van der Waals surface area contributed by atoms with Gasteiger partial charge in [0.25, 0.3) is 0 Å². The third-order valence-corrected chi connectivity index (χ3v) is 8.50. The van der Waals surface area contributed by atoms with Crippen molar-refractivity contribution < 1.29 is 14.6 Å². The molecule has 2 fully saturated rings. The van der Waals surface area contributed by atoms with Crippen LogP contribution in [-0.4, -0.2) is 23.8 Å². The van der Waals surface area contributed by atoms with Gasteiger partial charge >= 0.3 is 5.97 Å². The molecule has 0 spiro atoms. The maximum Gasteiger partial charge on any atom is 0.311 e. The Morgan fingerprint density at radius 2 is 2.07 bits per heavy atom. The molecule has 0 aromatic rings. The molecular weight excluding hydrogens is 440 g/mol. The first-order valence-corrected chi connectivity index (χ1v) is 12.7.